The van der Waals surface area contributed by atoms with Crippen LogP contribution < -0.4 is 15.0 Å². The molecule has 7 nitrogen and oxygen atoms in total. The molecular formula is C26H29N3O4. The number of carbonyl (C=O) groups excluding carboxylic acids is 2. The molecule has 0 aliphatic carbocycles. The molecule has 3 aromatic rings. The summed E-state index contributed by atoms with van der Waals surface area (Å²) in [6.45, 7) is 3.94. The number of nitrogens with one attached hydrogen (secondary N) is 1. The van der Waals surface area contributed by atoms with Crippen LogP contribution in [0, 0.1) is 0 Å². The summed E-state index contributed by atoms with van der Waals surface area (Å²) in [5.41, 5.74) is 1.63. The molecular weight excluding hydrogens is 418 g/mol. The fraction of sp³-hybridized carbons (Fsp3) is 0.385. The van der Waals surface area contributed by atoms with Crippen LogP contribution in [0.4, 0.5) is 5.69 Å². The number of hydrogen-bond acceptors (Lipinski definition) is 5. The number of ether oxygens (including phenoxy) is 1. The van der Waals surface area contributed by atoms with Gasteiger partial charge < -0.3 is 24.3 Å². The van der Waals surface area contributed by atoms with Crippen LogP contribution in [0.5, 0.6) is 5.75 Å². The van der Waals surface area contributed by atoms with E-state index in [2.05, 4.69) is 5.32 Å². The quantitative estimate of drug-likeness (QED) is 0.642. The average molecular weight is 448 g/mol. The van der Waals surface area contributed by atoms with E-state index in [1.54, 1.807) is 0 Å². The van der Waals surface area contributed by atoms with Gasteiger partial charge in [0, 0.05) is 18.5 Å². The summed E-state index contributed by atoms with van der Waals surface area (Å²) in [4.78, 5) is 29.9. The van der Waals surface area contributed by atoms with Crippen molar-refractivity contribution >= 4 is 28.5 Å². The van der Waals surface area contributed by atoms with Gasteiger partial charge in [-0.05, 0) is 50.5 Å². The number of fused-ring (bicyclic) bond motifs is 2. The van der Waals surface area contributed by atoms with E-state index in [-0.39, 0.29) is 24.4 Å². The van der Waals surface area contributed by atoms with Crippen LogP contribution >= 0.6 is 0 Å². The normalized spacial score (nSPS) is 19.0. The van der Waals surface area contributed by atoms with E-state index in [1.165, 1.54) is 0 Å². The minimum absolute atomic E-state index is 0.00487. The maximum Gasteiger partial charge on any atom is 0.265 e. The van der Waals surface area contributed by atoms with Crippen molar-refractivity contribution in [3.05, 3.63) is 60.4 Å². The van der Waals surface area contributed by atoms with Crippen molar-refractivity contribution in [2.24, 2.45) is 0 Å². The van der Waals surface area contributed by atoms with Crippen molar-refractivity contribution in [2.45, 2.75) is 38.3 Å². The SMILES string of the molecule is CC(NC(=O)CN1CC(C(=O)N2CCCCC2)Oc2ccccc21)c1cc2ccccc2o1. The number of anilines is 1. The van der Waals surface area contributed by atoms with Gasteiger partial charge in [-0.25, -0.2) is 0 Å². The highest BCUT2D eigenvalue weighted by Gasteiger charge is 2.34. The summed E-state index contributed by atoms with van der Waals surface area (Å²) in [5.74, 6) is 1.22. The molecule has 1 saturated heterocycles. The van der Waals surface area contributed by atoms with Gasteiger partial charge in [0.15, 0.2) is 6.10 Å². The molecule has 2 aromatic carbocycles. The van der Waals surface area contributed by atoms with Crippen LogP contribution in [0.25, 0.3) is 11.0 Å². The molecule has 0 saturated carbocycles. The number of carbonyl (C=O) groups is 2. The smallest absolute Gasteiger partial charge is 0.265 e. The van der Waals surface area contributed by atoms with Crippen LogP contribution in [-0.2, 0) is 9.59 Å². The van der Waals surface area contributed by atoms with Crippen molar-refractivity contribution in [1.82, 2.24) is 10.2 Å². The molecule has 0 bridgehead atoms. The summed E-state index contributed by atoms with van der Waals surface area (Å²) in [5, 5.41) is 4.04. The number of furan rings is 1. The lowest BCUT2D eigenvalue weighted by Crippen LogP contribution is -2.53. The van der Waals surface area contributed by atoms with E-state index in [0.29, 0.717) is 18.1 Å². The summed E-state index contributed by atoms with van der Waals surface area (Å²) in [6.07, 6.45) is 2.61. The zero-order chi connectivity index (χ0) is 22.8. The van der Waals surface area contributed by atoms with E-state index in [1.807, 2.05) is 71.3 Å². The summed E-state index contributed by atoms with van der Waals surface area (Å²) >= 11 is 0. The Labute approximate surface area is 193 Å². The number of amides is 2. The molecule has 2 aliphatic rings. The standard InChI is InChI=1S/C26H29N3O4/c1-18(23-15-19-9-3-5-11-21(19)32-23)27-25(30)17-29-16-24(26(31)28-13-7-2-8-14-28)33-22-12-6-4-10-20(22)29/h3-6,9-12,15,18,24H,2,7-8,13-14,16-17H2,1H3,(H,27,30). The summed E-state index contributed by atoms with van der Waals surface area (Å²) < 4.78 is 12.0. The second-order valence-electron chi connectivity index (χ2n) is 8.82. The zero-order valence-electron chi connectivity index (χ0n) is 18.8. The van der Waals surface area contributed by atoms with Crippen molar-refractivity contribution in [1.29, 1.82) is 0 Å². The molecule has 2 unspecified atom stereocenters. The second-order valence-corrected chi connectivity index (χ2v) is 8.82. The maximum absolute atomic E-state index is 13.1. The molecule has 1 N–H and O–H groups in total. The van der Waals surface area contributed by atoms with Crippen molar-refractivity contribution in [2.75, 3.05) is 31.1 Å². The Hall–Kier alpha value is -3.48. The molecule has 172 valence electrons. The maximum atomic E-state index is 13.1. The lowest BCUT2D eigenvalue weighted by atomic mass is 10.1. The molecule has 2 amide bonds. The minimum atomic E-state index is -0.612. The summed E-state index contributed by atoms with van der Waals surface area (Å²) in [6, 6.07) is 17.0. The molecule has 5 rings (SSSR count). The van der Waals surface area contributed by atoms with Crippen molar-refractivity contribution in [3.63, 3.8) is 0 Å². The number of benzene rings is 2. The van der Waals surface area contributed by atoms with E-state index in [9.17, 15) is 9.59 Å². The molecule has 1 aromatic heterocycles. The lowest BCUT2D eigenvalue weighted by Gasteiger charge is -2.38. The number of likely N-dealkylation sites (tertiary alicyclic amines) is 1. The molecule has 7 heteroatoms. The number of para-hydroxylation sites is 3. The minimum Gasteiger partial charge on any atom is -0.477 e. The Morgan fingerprint density at radius 2 is 1.82 bits per heavy atom. The van der Waals surface area contributed by atoms with E-state index in [4.69, 9.17) is 9.15 Å². The summed E-state index contributed by atoms with van der Waals surface area (Å²) in [7, 11) is 0. The first-order chi connectivity index (χ1) is 16.1. The predicted octanol–water partition coefficient (Wildman–Crippen LogP) is 3.89. The monoisotopic (exact) mass is 447 g/mol. The van der Waals surface area contributed by atoms with E-state index >= 15 is 0 Å². The fourth-order valence-electron chi connectivity index (χ4n) is 4.65. The Morgan fingerprint density at radius 1 is 1.06 bits per heavy atom. The lowest BCUT2D eigenvalue weighted by molar-refractivity contribution is -0.139. The Kier molecular flexibility index (Phi) is 5.94. The third-order valence-corrected chi connectivity index (χ3v) is 6.39. The predicted molar refractivity (Wildman–Crippen MR) is 126 cm³/mol. The fourth-order valence-corrected chi connectivity index (χ4v) is 4.65. The highest BCUT2D eigenvalue weighted by atomic mass is 16.5. The first kappa shape index (κ1) is 21.4. The zero-order valence-corrected chi connectivity index (χ0v) is 18.8. The first-order valence-corrected chi connectivity index (χ1v) is 11.7. The Morgan fingerprint density at radius 3 is 2.64 bits per heavy atom. The van der Waals surface area contributed by atoms with Gasteiger partial charge in [-0.15, -0.1) is 0 Å². The van der Waals surface area contributed by atoms with Gasteiger partial charge in [-0.1, -0.05) is 30.3 Å². The first-order valence-electron chi connectivity index (χ1n) is 11.7. The van der Waals surface area contributed by atoms with E-state index in [0.717, 1.165) is 49.0 Å². The second kappa shape index (κ2) is 9.17. The highest BCUT2D eigenvalue weighted by Crippen LogP contribution is 2.33. The molecule has 2 aliphatic heterocycles. The number of nitrogens with zero attached hydrogens (tertiary/aromatic N) is 2. The van der Waals surface area contributed by atoms with Crippen molar-refractivity contribution in [3.8, 4) is 5.75 Å². The van der Waals surface area contributed by atoms with Crippen LogP contribution in [0.3, 0.4) is 0 Å². The topological polar surface area (TPSA) is 75.0 Å². The van der Waals surface area contributed by atoms with Crippen LogP contribution in [0.2, 0.25) is 0 Å². The third-order valence-electron chi connectivity index (χ3n) is 6.39. The average Bonchev–Trinajstić information content (AvgIpc) is 3.29. The largest absolute Gasteiger partial charge is 0.477 e. The van der Waals surface area contributed by atoms with Crippen LogP contribution in [0.1, 0.15) is 38.0 Å². The number of hydrogen-bond donors (Lipinski definition) is 1. The van der Waals surface area contributed by atoms with E-state index < -0.39 is 6.10 Å². The third kappa shape index (κ3) is 4.53. The van der Waals surface area contributed by atoms with Gasteiger partial charge in [-0.3, -0.25) is 9.59 Å². The highest BCUT2D eigenvalue weighted by molar-refractivity contribution is 5.86. The Bertz CT molecular complexity index is 1120. The van der Waals surface area contributed by atoms with Gasteiger partial charge in [0.05, 0.1) is 24.8 Å². The van der Waals surface area contributed by atoms with Gasteiger partial charge in [0.25, 0.3) is 5.91 Å². The molecule has 0 spiro atoms. The van der Waals surface area contributed by atoms with Crippen molar-refractivity contribution < 1.29 is 18.7 Å². The van der Waals surface area contributed by atoms with Gasteiger partial charge in [0.1, 0.15) is 17.1 Å². The van der Waals surface area contributed by atoms with Gasteiger partial charge in [-0.2, -0.15) is 0 Å². The van der Waals surface area contributed by atoms with Gasteiger partial charge in [0.2, 0.25) is 5.91 Å². The molecule has 3 heterocycles. The Balaban J connectivity index is 1.28. The molecule has 33 heavy (non-hydrogen) atoms. The van der Waals surface area contributed by atoms with Gasteiger partial charge >= 0.3 is 0 Å². The molecule has 1 fully saturated rings. The van der Waals surface area contributed by atoms with Crippen LogP contribution in [-0.4, -0.2) is 49.0 Å². The van der Waals surface area contributed by atoms with Crippen LogP contribution in [0.15, 0.2) is 59.0 Å². The molecule has 2 atom stereocenters. The molecule has 0 radical (unpaired) electrons. The number of piperidine rings is 1. The number of rotatable bonds is 5.